The van der Waals surface area contributed by atoms with Crippen LogP contribution < -0.4 is 10.2 Å². The van der Waals surface area contributed by atoms with Crippen LogP contribution in [0.4, 0.5) is 4.39 Å². The topological polar surface area (TPSA) is 80.3 Å². The molecule has 0 aliphatic heterocycles. The second-order valence-corrected chi connectivity index (χ2v) is 3.85. The van der Waals surface area contributed by atoms with Gasteiger partial charge in [0.15, 0.2) is 0 Å². The van der Waals surface area contributed by atoms with Gasteiger partial charge in [0.2, 0.25) is 0 Å². The second kappa shape index (κ2) is 4.89. The van der Waals surface area contributed by atoms with Crippen molar-refractivity contribution in [1.29, 1.82) is 0 Å². The van der Waals surface area contributed by atoms with Crippen LogP contribution in [0.15, 0.2) is 42.5 Å². The number of carbonyl (C=O) groups excluding carboxylic acids is 2. The van der Waals surface area contributed by atoms with E-state index < -0.39 is 17.8 Å². The molecule has 0 N–H and O–H groups in total. The summed E-state index contributed by atoms with van der Waals surface area (Å²) in [5.41, 5.74) is 0.338. The molecular formula is C14H7FO4-2. The summed E-state index contributed by atoms with van der Waals surface area (Å²) < 4.78 is 13.7. The fourth-order valence-corrected chi connectivity index (χ4v) is 1.66. The molecule has 0 saturated carbocycles. The molecule has 0 bridgehead atoms. The van der Waals surface area contributed by atoms with Gasteiger partial charge >= 0.3 is 0 Å². The van der Waals surface area contributed by atoms with E-state index in [4.69, 9.17) is 0 Å². The zero-order chi connectivity index (χ0) is 14.0. The molecule has 0 atom stereocenters. The minimum Gasteiger partial charge on any atom is -0.545 e. The minimum absolute atomic E-state index is 0.0180. The smallest absolute Gasteiger partial charge is 0.131 e. The van der Waals surface area contributed by atoms with Crippen LogP contribution in [-0.4, -0.2) is 11.9 Å². The van der Waals surface area contributed by atoms with Gasteiger partial charge in [0.1, 0.15) is 5.82 Å². The molecule has 0 aromatic heterocycles. The van der Waals surface area contributed by atoms with Gasteiger partial charge in [-0.25, -0.2) is 4.39 Å². The summed E-state index contributed by atoms with van der Waals surface area (Å²) in [4.78, 5) is 21.1. The number of carboxylic acid groups (broad SMARTS) is 2. The molecule has 0 aliphatic rings. The van der Waals surface area contributed by atoms with Gasteiger partial charge < -0.3 is 19.8 Å². The number of benzene rings is 2. The third kappa shape index (κ3) is 2.60. The fourth-order valence-electron chi connectivity index (χ4n) is 1.66. The monoisotopic (exact) mass is 258 g/mol. The fraction of sp³-hybridized carbons (Fsp3) is 0. The van der Waals surface area contributed by atoms with Crippen molar-refractivity contribution in [2.24, 2.45) is 0 Å². The van der Waals surface area contributed by atoms with E-state index in [1.165, 1.54) is 36.4 Å². The van der Waals surface area contributed by atoms with Crippen molar-refractivity contribution in [3.8, 4) is 11.1 Å². The van der Waals surface area contributed by atoms with Crippen molar-refractivity contribution in [1.82, 2.24) is 0 Å². The Morgan fingerprint density at radius 3 is 1.84 bits per heavy atom. The Morgan fingerprint density at radius 2 is 1.37 bits per heavy atom. The Labute approximate surface area is 107 Å². The standard InChI is InChI=1S/C14H9FO4/c15-12-7-10(14(18)19)5-6-11(12)8-1-3-9(4-2-8)13(16)17/h1-7H,(H,16,17)(H,18,19)/p-2. The molecule has 0 saturated heterocycles. The van der Waals surface area contributed by atoms with Crippen molar-refractivity contribution in [3.05, 3.63) is 59.4 Å². The molecule has 0 amide bonds. The lowest BCUT2D eigenvalue weighted by Gasteiger charge is -2.08. The van der Waals surface area contributed by atoms with Crippen LogP contribution in [0.1, 0.15) is 20.7 Å². The SMILES string of the molecule is O=C([O-])c1ccc(-c2ccc(C(=O)[O-])cc2F)cc1. The van der Waals surface area contributed by atoms with Gasteiger partial charge in [-0.2, -0.15) is 0 Å². The average Bonchev–Trinajstić information content (AvgIpc) is 2.38. The van der Waals surface area contributed by atoms with Gasteiger partial charge in [0, 0.05) is 11.1 Å². The lowest BCUT2D eigenvalue weighted by Crippen LogP contribution is -2.22. The van der Waals surface area contributed by atoms with Gasteiger partial charge in [-0.3, -0.25) is 0 Å². The quantitative estimate of drug-likeness (QED) is 0.788. The summed E-state index contributed by atoms with van der Waals surface area (Å²) in [6, 6.07) is 8.80. The van der Waals surface area contributed by atoms with Crippen LogP contribution in [-0.2, 0) is 0 Å². The van der Waals surface area contributed by atoms with Gasteiger partial charge in [-0.15, -0.1) is 0 Å². The largest absolute Gasteiger partial charge is 0.545 e. The maximum atomic E-state index is 13.7. The molecule has 2 rings (SSSR count). The normalized spacial score (nSPS) is 10.2. The van der Waals surface area contributed by atoms with Gasteiger partial charge in [0.25, 0.3) is 0 Å². The van der Waals surface area contributed by atoms with Crippen LogP contribution in [0, 0.1) is 5.82 Å². The van der Waals surface area contributed by atoms with Crippen molar-refractivity contribution in [2.75, 3.05) is 0 Å². The first kappa shape index (κ1) is 12.8. The van der Waals surface area contributed by atoms with E-state index >= 15 is 0 Å². The second-order valence-electron chi connectivity index (χ2n) is 3.85. The molecule has 0 aliphatic carbocycles. The summed E-state index contributed by atoms with van der Waals surface area (Å²) in [7, 11) is 0. The van der Waals surface area contributed by atoms with E-state index in [9.17, 15) is 24.2 Å². The Kier molecular flexibility index (Phi) is 3.29. The Balaban J connectivity index is 2.41. The Bertz CT molecular complexity index is 647. The van der Waals surface area contributed by atoms with E-state index in [1.54, 1.807) is 0 Å². The molecule has 2 aromatic rings. The highest BCUT2D eigenvalue weighted by atomic mass is 19.1. The van der Waals surface area contributed by atoms with Crippen molar-refractivity contribution in [2.45, 2.75) is 0 Å². The average molecular weight is 258 g/mol. The molecule has 0 unspecified atom stereocenters. The number of halogens is 1. The van der Waals surface area contributed by atoms with Crippen LogP contribution in [0.25, 0.3) is 11.1 Å². The molecule has 0 heterocycles. The number of hydrogen-bond acceptors (Lipinski definition) is 4. The first-order chi connectivity index (χ1) is 8.99. The summed E-state index contributed by atoms with van der Waals surface area (Å²) in [6.45, 7) is 0. The number of carboxylic acids is 2. The lowest BCUT2D eigenvalue weighted by molar-refractivity contribution is -0.256. The Morgan fingerprint density at radius 1 is 0.842 bits per heavy atom. The van der Waals surface area contributed by atoms with Crippen molar-refractivity contribution >= 4 is 11.9 Å². The van der Waals surface area contributed by atoms with E-state index in [1.807, 2.05) is 0 Å². The number of hydrogen-bond donors (Lipinski definition) is 0. The van der Waals surface area contributed by atoms with Crippen LogP contribution in [0.2, 0.25) is 0 Å². The zero-order valence-electron chi connectivity index (χ0n) is 9.55. The van der Waals surface area contributed by atoms with E-state index in [0.29, 0.717) is 5.56 Å². The molecule has 0 spiro atoms. The maximum absolute atomic E-state index is 13.7. The van der Waals surface area contributed by atoms with Crippen LogP contribution >= 0.6 is 0 Å². The first-order valence-electron chi connectivity index (χ1n) is 5.31. The van der Waals surface area contributed by atoms with Crippen LogP contribution in [0.3, 0.4) is 0 Å². The van der Waals surface area contributed by atoms with Gasteiger partial charge in [0.05, 0.1) is 11.9 Å². The molecule has 0 fully saturated rings. The number of rotatable bonds is 3. The summed E-state index contributed by atoms with van der Waals surface area (Å²) in [5, 5.41) is 21.1. The zero-order valence-corrected chi connectivity index (χ0v) is 9.55. The molecule has 96 valence electrons. The predicted molar refractivity (Wildman–Crippen MR) is 60.5 cm³/mol. The van der Waals surface area contributed by atoms with Crippen molar-refractivity contribution < 1.29 is 24.2 Å². The highest BCUT2D eigenvalue weighted by Gasteiger charge is 2.07. The molecular weight excluding hydrogens is 251 g/mol. The first-order valence-corrected chi connectivity index (χ1v) is 5.31. The summed E-state index contributed by atoms with van der Waals surface area (Å²) in [6.07, 6.45) is 0. The van der Waals surface area contributed by atoms with Crippen molar-refractivity contribution in [3.63, 3.8) is 0 Å². The summed E-state index contributed by atoms with van der Waals surface area (Å²) >= 11 is 0. The van der Waals surface area contributed by atoms with E-state index in [-0.39, 0.29) is 16.7 Å². The molecule has 0 radical (unpaired) electrons. The maximum Gasteiger partial charge on any atom is 0.131 e. The molecule has 2 aromatic carbocycles. The summed E-state index contributed by atoms with van der Waals surface area (Å²) in [5.74, 6) is -3.50. The minimum atomic E-state index is -1.46. The Hall–Kier alpha value is -2.69. The molecule has 4 nitrogen and oxygen atoms in total. The highest BCUT2D eigenvalue weighted by molar-refractivity contribution is 5.88. The van der Waals surface area contributed by atoms with E-state index in [0.717, 1.165) is 6.07 Å². The number of aromatic carboxylic acids is 2. The highest BCUT2D eigenvalue weighted by Crippen LogP contribution is 2.23. The third-order valence-corrected chi connectivity index (χ3v) is 2.64. The van der Waals surface area contributed by atoms with Crippen LogP contribution in [0.5, 0.6) is 0 Å². The lowest BCUT2D eigenvalue weighted by atomic mass is 10.0. The molecule has 5 heteroatoms. The third-order valence-electron chi connectivity index (χ3n) is 2.64. The van der Waals surface area contributed by atoms with Gasteiger partial charge in [-0.05, 0) is 17.2 Å². The van der Waals surface area contributed by atoms with Gasteiger partial charge in [-0.1, -0.05) is 36.4 Å². The number of carbonyl (C=O) groups is 2. The van der Waals surface area contributed by atoms with E-state index in [2.05, 4.69) is 0 Å². The predicted octanol–water partition coefficient (Wildman–Crippen LogP) is 0.220. The molecule has 19 heavy (non-hydrogen) atoms.